The Bertz CT molecular complexity index is 2890. The molecule has 0 aliphatic carbocycles. The van der Waals surface area contributed by atoms with Crippen LogP contribution in [0.25, 0.3) is 76.9 Å². The number of para-hydroxylation sites is 1. The van der Waals surface area contributed by atoms with Gasteiger partial charge in [-0.2, -0.15) is 0 Å². The third-order valence-corrected chi connectivity index (χ3v) is 10.3. The van der Waals surface area contributed by atoms with Crippen molar-refractivity contribution in [1.29, 1.82) is 0 Å². The highest BCUT2D eigenvalue weighted by molar-refractivity contribution is 6.06. The van der Waals surface area contributed by atoms with Crippen LogP contribution in [-0.4, -0.2) is 0 Å². The van der Waals surface area contributed by atoms with Crippen molar-refractivity contribution < 1.29 is 4.42 Å². The average Bonchev–Trinajstić information content (AvgIpc) is 3.59. The maximum Gasteiger partial charge on any atom is 0.137 e. The molecule has 244 valence electrons. The molecule has 0 saturated heterocycles. The molecule has 0 spiro atoms. The minimum atomic E-state index is 0.873. The SMILES string of the molecule is c1cc(-c2ccc(N(c3ccc(-c4cccc5ccccc45)cc3)c3ccc4c(c3)oc3ccccc34)cc2)cc(-c2cccc3ccccc23)c1. The number of rotatable bonds is 6. The summed E-state index contributed by atoms with van der Waals surface area (Å²) in [5, 5.41) is 7.26. The van der Waals surface area contributed by atoms with E-state index in [0.29, 0.717) is 0 Å². The fourth-order valence-electron chi connectivity index (χ4n) is 7.71. The molecule has 9 aromatic carbocycles. The van der Waals surface area contributed by atoms with Crippen molar-refractivity contribution in [2.24, 2.45) is 0 Å². The van der Waals surface area contributed by atoms with E-state index in [-0.39, 0.29) is 0 Å². The number of hydrogen-bond donors (Lipinski definition) is 0. The number of hydrogen-bond acceptors (Lipinski definition) is 2. The molecule has 0 saturated carbocycles. The first-order valence-corrected chi connectivity index (χ1v) is 17.8. The monoisotopic (exact) mass is 663 g/mol. The molecule has 10 rings (SSSR count). The largest absolute Gasteiger partial charge is 0.456 e. The predicted molar refractivity (Wildman–Crippen MR) is 220 cm³/mol. The van der Waals surface area contributed by atoms with E-state index in [2.05, 4.69) is 193 Å². The van der Waals surface area contributed by atoms with Crippen molar-refractivity contribution >= 4 is 60.5 Å². The van der Waals surface area contributed by atoms with Crippen LogP contribution in [0.1, 0.15) is 0 Å². The highest BCUT2D eigenvalue weighted by Gasteiger charge is 2.17. The molecular formula is C50H33NO. The van der Waals surface area contributed by atoms with E-state index < -0.39 is 0 Å². The van der Waals surface area contributed by atoms with Gasteiger partial charge in [-0.05, 0) is 103 Å². The van der Waals surface area contributed by atoms with E-state index >= 15 is 0 Å². The molecule has 2 heteroatoms. The number of benzene rings is 9. The molecule has 52 heavy (non-hydrogen) atoms. The van der Waals surface area contributed by atoms with Gasteiger partial charge in [0.2, 0.25) is 0 Å². The van der Waals surface area contributed by atoms with Crippen LogP contribution in [0, 0.1) is 0 Å². The van der Waals surface area contributed by atoms with E-state index in [1.54, 1.807) is 0 Å². The highest BCUT2D eigenvalue weighted by atomic mass is 16.3. The predicted octanol–water partition coefficient (Wildman–Crippen LogP) is 14.4. The second-order valence-corrected chi connectivity index (χ2v) is 13.3. The Kier molecular flexibility index (Phi) is 7.18. The summed E-state index contributed by atoms with van der Waals surface area (Å²) in [4.78, 5) is 2.32. The van der Waals surface area contributed by atoms with Crippen LogP contribution < -0.4 is 4.90 Å². The van der Waals surface area contributed by atoms with Gasteiger partial charge < -0.3 is 9.32 Å². The van der Waals surface area contributed by atoms with Crippen LogP contribution >= 0.6 is 0 Å². The van der Waals surface area contributed by atoms with Crippen molar-refractivity contribution in [1.82, 2.24) is 0 Å². The van der Waals surface area contributed by atoms with Crippen LogP contribution in [0.15, 0.2) is 205 Å². The van der Waals surface area contributed by atoms with Gasteiger partial charge in [0, 0.05) is 33.9 Å². The third-order valence-electron chi connectivity index (χ3n) is 10.3. The number of fused-ring (bicyclic) bond motifs is 5. The van der Waals surface area contributed by atoms with Gasteiger partial charge in [-0.15, -0.1) is 0 Å². The second-order valence-electron chi connectivity index (χ2n) is 13.3. The topological polar surface area (TPSA) is 16.4 Å². The van der Waals surface area contributed by atoms with Gasteiger partial charge in [0.05, 0.1) is 0 Å². The van der Waals surface area contributed by atoms with Gasteiger partial charge >= 0.3 is 0 Å². The summed E-state index contributed by atoms with van der Waals surface area (Å²) in [6.07, 6.45) is 0. The van der Waals surface area contributed by atoms with Gasteiger partial charge in [-0.3, -0.25) is 0 Å². The van der Waals surface area contributed by atoms with E-state index in [4.69, 9.17) is 4.42 Å². The Morgan fingerprint density at radius 2 is 0.788 bits per heavy atom. The first kappa shape index (κ1) is 30.0. The molecule has 0 aliphatic heterocycles. The maximum atomic E-state index is 6.36. The van der Waals surface area contributed by atoms with Gasteiger partial charge in [-0.25, -0.2) is 0 Å². The summed E-state index contributed by atoms with van der Waals surface area (Å²) < 4.78 is 6.36. The molecule has 0 atom stereocenters. The molecule has 10 aromatic rings. The average molecular weight is 664 g/mol. The first-order valence-electron chi connectivity index (χ1n) is 17.8. The van der Waals surface area contributed by atoms with Crippen LogP contribution in [-0.2, 0) is 0 Å². The van der Waals surface area contributed by atoms with Crippen molar-refractivity contribution in [2.45, 2.75) is 0 Å². The zero-order valence-electron chi connectivity index (χ0n) is 28.4. The molecule has 0 bridgehead atoms. The number of furan rings is 1. The Morgan fingerprint density at radius 1 is 0.288 bits per heavy atom. The Hall–Kier alpha value is -6.90. The van der Waals surface area contributed by atoms with Crippen LogP contribution in [0.2, 0.25) is 0 Å². The standard InChI is InChI=1S/C50H33NO/c1-3-16-43-35(10-1)12-8-19-45(43)37-24-28-41(29-25-37)51(42-30-31-48-47-18-5-6-21-49(47)52-50(48)33-42)40-26-22-34(23-27-40)38-14-7-15-39(32-38)46-20-9-13-36-11-2-4-17-44(36)46/h1-33H. The quantitative estimate of drug-likeness (QED) is 0.176. The normalized spacial score (nSPS) is 11.5. The minimum absolute atomic E-state index is 0.873. The van der Waals surface area contributed by atoms with E-state index in [9.17, 15) is 0 Å². The second kappa shape index (κ2) is 12.5. The lowest BCUT2D eigenvalue weighted by molar-refractivity contribution is 0.669. The van der Waals surface area contributed by atoms with Crippen molar-refractivity contribution in [3.8, 4) is 33.4 Å². The van der Waals surface area contributed by atoms with E-state index in [0.717, 1.165) is 39.0 Å². The van der Waals surface area contributed by atoms with Gasteiger partial charge in [0.1, 0.15) is 11.2 Å². The lowest BCUT2D eigenvalue weighted by Gasteiger charge is -2.26. The van der Waals surface area contributed by atoms with Crippen molar-refractivity contribution in [3.63, 3.8) is 0 Å². The Labute approximate surface area is 302 Å². The van der Waals surface area contributed by atoms with Gasteiger partial charge in [0.15, 0.2) is 0 Å². The molecule has 0 aliphatic rings. The van der Waals surface area contributed by atoms with E-state index in [1.807, 2.05) is 12.1 Å². The third kappa shape index (κ3) is 5.21. The fourth-order valence-corrected chi connectivity index (χ4v) is 7.71. The zero-order valence-corrected chi connectivity index (χ0v) is 28.4. The smallest absolute Gasteiger partial charge is 0.137 e. The number of nitrogens with zero attached hydrogens (tertiary/aromatic N) is 1. The molecule has 0 unspecified atom stereocenters. The van der Waals surface area contributed by atoms with Gasteiger partial charge in [0.25, 0.3) is 0 Å². The zero-order chi connectivity index (χ0) is 34.4. The molecule has 2 nitrogen and oxygen atoms in total. The lowest BCUT2D eigenvalue weighted by Crippen LogP contribution is -2.09. The fraction of sp³-hybridized carbons (Fsp3) is 0. The lowest BCUT2D eigenvalue weighted by atomic mass is 9.95. The molecule has 1 aromatic heterocycles. The number of anilines is 3. The maximum absolute atomic E-state index is 6.36. The molecule has 0 amide bonds. The van der Waals surface area contributed by atoms with E-state index in [1.165, 1.54) is 54.9 Å². The summed E-state index contributed by atoms with van der Waals surface area (Å²) in [5.74, 6) is 0. The van der Waals surface area contributed by atoms with Crippen LogP contribution in [0.3, 0.4) is 0 Å². The summed E-state index contributed by atoms with van der Waals surface area (Å²) >= 11 is 0. The van der Waals surface area contributed by atoms with Crippen LogP contribution in [0.4, 0.5) is 17.1 Å². The molecule has 0 fully saturated rings. The van der Waals surface area contributed by atoms with Crippen LogP contribution in [0.5, 0.6) is 0 Å². The summed E-state index contributed by atoms with van der Waals surface area (Å²) in [7, 11) is 0. The summed E-state index contributed by atoms with van der Waals surface area (Å²) in [6.45, 7) is 0. The molecule has 0 N–H and O–H groups in total. The highest BCUT2D eigenvalue weighted by Crippen LogP contribution is 2.41. The van der Waals surface area contributed by atoms with Crippen molar-refractivity contribution in [3.05, 3.63) is 200 Å². The van der Waals surface area contributed by atoms with Gasteiger partial charge in [-0.1, -0.05) is 146 Å². The Morgan fingerprint density at radius 3 is 1.48 bits per heavy atom. The molecule has 0 radical (unpaired) electrons. The first-order chi connectivity index (χ1) is 25.8. The van der Waals surface area contributed by atoms with Crippen molar-refractivity contribution in [2.75, 3.05) is 4.90 Å². The molecule has 1 heterocycles. The minimum Gasteiger partial charge on any atom is -0.456 e. The summed E-state index contributed by atoms with van der Waals surface area (Å²) in [6, 6.07) is 71.7. The summed E-state index contributed by atoms with van der Waals surface area (Å²) in [5.41, 5.74) is 12.2. The Balaban J connectivity index is 1.05. The molecular weight excluding hydrogens is 631 g/mol.